The first-order valence-electron chi connectivity index (χ1n) is 6.72. The highest BCUT2D eigenvalue weighted by Crippen LogP contribution is 2.41. The lowest BCUT2D eigenvalue weighted by atomic mass is 9.95. The van der Waals surface area contributed by atoms with Gasteiger partial charge in [-0.25, -0.2) is 0 Å². The van der Waals surface area contributed by atoms with Gasteiger partial charge in [-0.15, -0.1) is 0 Å². The molecule has 1 aliphatic carbocycles. The monoisotopic (exact) mass is 244 g/mol. The van der Waals surface area contributed by atoms with Crippen molar-refractivity contribution in [1.82, 2.24) is 4.90 Å². The second-order valence-electron chi connectivity index (χ2n) is 5.71. The van der Waals surface area contributed by atoms with Crippen LogP contribution < -0.4 is 5.73 Å². The average Bonchev–Trinajstić information content (AvgIpc) is 3.06. The predicted molar refractivity (Wildman–Crippen MR) is 71.1 cm³/mol. The fraction of sp³-hybridized carbons (Fsp3) is 0.533. The molecule has 2 N–H and O–H groups in total. The zero-order chi connectivity index (χ0) is 12.9. The predicted octanol–water partition coefficient (Wildman–Crippen LogP) is 2.07. The van der Waals surface area contributed by atoms with Gasteiger partial charge < -0.3 is 10.6 Å². The van der Waals surface area contributed by atoms with E-state index in [1.54, 1.807) is 0 Å². The van der Waals surface area contributed by atoms with Crippen LogP contribution in [0.4, 0.5) is 0 Å². The molecule has 1 aromatic carbocycles. The van der Waals surface area contributed by atoms with Crippen molar-refractivity contribution in [1.29, 1.82) is 0 Å². The van der Waals surface area contributed by atoms with Crippen molar-refractivity contribution in [3.8, 4) is 0 Å². The van der Waals surface area contributed by atoms with Crippen molar-refractivity contribution in [2.24, 2.45) is 5.73 Å². The van der Waals surface area contributed by atoms with Crippen molar-refractivity contribution in [3.05, 3.63) is 34.9 Å². The molecule has 18 heavy (non-hydrogen) atoms. The second kappa shape index (κ2) is 4.09. The summed E-state index contributed by atoms with van der Waals surface area (Å²) in [5.74, 6) is 0.231. The maximum absolute atomic E-state index is 12.1. The third-order valence-electron chi connectivity index (χ3n) is 4.09. The number of hydrogen-bond acceptors (Lipinski definition) is 2. The molecular formula is C15H20N2O. The lowest BCUT2D eigenvalue weighted by molar-refractivity contribution is -0.129. The maximum Gasteiger partial charge on any atom is 0.225 e. The first-order chi connectivity index (χ1) is 8.58. The minimum Gasteiger partial charge on any atom is -0.331 e. The molecule has 0 spiro atoms. The normalized spacial score (nSPS) is 27.9. The van der Waals surface area contributed by atoms with Gasteiger partial charge in [0.15, 0.2) is 0 Å². The molecule has 1 saturated carbocycles. The molecule has 1 amide bonds. The molecule has 3 rings (SSSR count). The Kier molecular flexibility index (Phi) is 2.67. The largest absolute Gasteiger partial charge is 0.331 e. The Morgan fingerprint density at radius 3 is 2.61 bits per heavy atom. The second-order valence-corrected chi connectivity index (χ2v) is 5.71. The van der Waals surface area contributed by atoms with Crippen molar-refractivity contribution < 1.29 is 4.79 Å². The third kappa shape index (κ3) is 1.83. The summed E-state index contributed by atoms with van der Waals surface area (Å²) in [6.45, 7) is 4.21. The molecule has 2 fully saturated rings. The number of hydrogen-bond donors (Lipinski definition) is 1. The quantitative estimate of drug-likeness (QED) is 0.865. The highest BCUT2D eigenvalue weighted by molar-refractivity contribution is 5.81. The van der Waals surface area contributed by atoms with E-state index in [1.165, 1.54) is 16.7 Å². The minimum atomic E-state index is -0.0560. The molecule has 2 atom stereocenters. The van der Waals surface area contributed by atoms with E-state index in [0.717, 1.165) is 12.8 Å². The summed E-state index contributed by atoms with van der Waals surface area (Å²) in [5.41, 5.74) is 9.93. The molecule has 1 aromatic rings. The summed E-state index contributed by atoms with van der Waals surface area (Å²) in [6, 6.07) is 6.91. The Hall–Kier alpha value is -1.35. The summed E-state index contributed by atoms with van der Waals surface area (Å²) < 4.78 is 0. The Bertz CT molecular complexity index is 493. The zero-order valence-corrected chi connectivity index (χ0v) is 11.0. The van der Waals surface area contributed by atoms with E-state index >= 15 is 0 Å². The topological polar surface area (TPSA) is 46.3 Å². The van der Waals surface area contributed by atoms with Crippen LogP contribution in [0.2, 0.25) is 0 Å². The number of rotatable bonds is 2. The van der Waals surface area contributed by atoms with Gasteiger partial charge in [0, 0.05) is 18.5 Å². The summed E-state index contributed by atoms with van der Waals surface area (Å²) in [5, 5.41) is 0. The van der Waals surface area contributed by atoms with Crippen LogP contribution in [0.3, 0.4) is 0 Å². The zero-order valence-electron chi connectivity index (χ0n) is 11.0. The van der Waals surface area contributed by atoms with Crippen molar-refractivity contribution in [3.63, 3.8) is 0 Å². The van der Waals surface area contributed by atoms with Crippen LogP contribution in [0.5, 0.6) is 0 Å². The van der Waals surface area contributed by atoms with Crippen LogP contribution in [0.1, 0.15) is 42.0 Å². The number of nitrogens with zero attached hydrogens (tertiary/aromatic N) is 1. The number of likely N-dealkylation sites (tertiary alicyclic amines) is 1. The van der Waals surface area contributed by atoms with Gasteiger partial charge >= 0.3 is 0 Å². The van der Waals surface area contributed by atoms with Crippen LogP contribution >= 0.6 is 0 Å². The lowest BCUT2D eigenvalue weighted by Gasteiger charge is -2.28. The Labute approximate surface area is 108 Å². The van der Waals surface area contributed by atoms with Gasteiger partial charge in [0.05, 0.1) is 6.04 Å². The molecule has 1 heterocycles. The Balaban J connectivity index is 2.00. The molecular weight excluding hydrogens is 224 g/mol. The molecule has 2 unspecified atom stereocenters. The third-order valence-corrected chi connectivity index (χ3v) is 4.09. The van der Waals surface area contributed by atoms with Crippen LogP contribution in [-0.4, -0.2) is 22.9 Å². The number of aryl methyl sites for hydroxylation is 2. The van der Waals surface area contributed by atoms with Gasteiger partial charge in [-0.05, 0) is 37.8 Å². The fourth-order valence-electron chi connectivity index (χ4n) is 3.10. The summed E-state index contributed by atoms with van der Waals surface area (Å²) >= 11 is 0. The first-order valence-corrected chi connectivity index (χ1v) is 6.72. The van der Waals surface area contributed by atoms with Gasteiger partial charge in [0.2, 0.25) is 5.91 Å². The van der Waals surface area contributed by atoms with Gasteiger partial charge in [-0.2, -0.15) is 0 Å². The van der Waals surface area contributed by atoms with Gasteiger partial charge in [-0.1, -0.05) is 23.8 Å². The number of benzene rings is 1. The molecule has 1 saturated heterocycles. The number of carbonyl (C=O) groups is 1. The average molecular weight is 244 g/mol. The van der Waals surface area contributed by atoms with E-state index in [2.05, 4.69) is 32.0 Å². The highest BCUT2D eigenvalue weighted by atomic mass is 16.2. The number of amides is 1. The van der Waals surface area contributed by atoms with Gasteiger partial charge in [0.25, 0.3) is 0 Å². The van der Waals surface area contributed by atoms with Crippen molar-refractivity contribution >= 4 is 5.91 Å². The van der Waals surface area contributed by atoms with Crippen LogP contribution in [0, 0.1) is 13.8 Å². The highest BCUT2D eigenvalue weighted by Gasteiger charge is 2.46. The smallest absolute Gasteiger partial charge is 0.225 e. The molecule has 0 aromatic heterocycles. The SMILES string of the molecule is Cc1ccc(C2C(N)CC(=O)N2C2CC2)c(C)c1. The Morgan fingerprint density at radius 2 is 2.00 bits per heavy atom. The molecule has 1 aliphatic heterocycles. The minimum absolute atomic E-state index is 0.0560. The molecule has 96 valence electrons. The Morgan fingerprint density at radius 1 is 1.28 bits per heavy atom. The van der Waals surface area contributed by atoms with Crippen LogP contribution in [0.15, 0.2) is 18.2 Å². The molecule has 3 nitrogen and oxygen atoms in total. The summed E-state index contributed by atoms with van der Waals surface area (Å²) in [4.78, 5) is 14.1. The van der Waals surface area contributed by atoms with Crippen molar-refractivity contribution in [2.75, 3.05) is 0 Å². The lowest BCUT2D eigenvalue weighted by Crippen LogP contribution is -2.35. The van der Waals surface area contributed by atoms with E-state index < -0.39 is 0 Å². The van der Waals surface area contributed by atoms with E-state index in [0.29, 0.717) is 12.5 Å². The number of nitrogens with two attached hydrogens (primary N) is 1. The van der Waals surface area contributed by atoms with Gasteiger partial charge in [-0.3, -0.25) is 4.79 Å². The van der Waals surface area contributed by atoms with Crippen LogP contribution in [0.25, 0.3) is 0 Å². The van der Waals surface area contributed by atoms with E-state index in [9.17, 15) is 4.79 Å². The molecule has 2 aliphatic rings. The van der Waals surface area contributed by atoms with Crippen LogP contribution in [-0.2, 0) is 4.79 Å². The van der Waals surface area contributed by atoms with E-state index in [4.69, 9.17) is 5.73 Å². The molecule has 3 heteroatoms. The van der Waals surface area contributed by atoms with Crippen molar-refractivity contribution in [2.45, 2.75) is 51.2 Å². The standard InChI is InChI=1S/C15H20N2O/c1-9-3-6-12(10(2)7-9)15-13(16)8-14(18)17(15)11-4-5-11/h3,6-7,11,13,15H,4-5,8,16H2,1-2H3. The molecule has 0 radical (unpaired) electrons. The fourth-order valence-corrected chi connectivity index (χ4v) is 3.10. The van der Waals surface area contributed by atoms with E-state index in [-0.39, 0.29) is 18.0 Å². The van der Waals surface area contributed by atoms with E-state index in [1.807, 2.05) is 4.90 Å². The summed E-state index contributed by atoms with van der Waals surface area (Å²) in [6.07, 6.45) is 2.77. The maximum atomic E-state index is 12.1. The first kappa shape index (κ1) is 11.7. The van der Waals surface area contributed by atoms with Gasteiger partial charge in [0.1, 0.15) is 0 Å². The number of carbonyl (C=O) groups excluding carboxylic acids is 1. The molecule has 0 bridgehead atoms. The summed E-state index contributed by atoms with van der Waals surface area (Å²) in [7, 11) is 0.